The van der Waals surface area contributed by atoms with Crippen LogP contribution in [0, 0.1) is 0 Å². The first-order valence-corrected chi connectivity index (χ1v) is 6.71. The Morgan fingerprint density at radius 2 is 2.39 bits per heavy atom. The van der Waals surface area contributed by atoms with E-state index < -0.39 is 0 Å². The number of anilines is 1. The summed E-state index contributed by atoms with van der Waals surface area (Å²) in [6.45, 7) is 3.33. The predicted octanol–water partition coefficient (Wildman–Crippen LogP) is 1.65. The summed E-state index contributed by atoms with van der Waals surface area (Å²) in [5.41, 5.74) is 1.27. The van der Waals surface area contributed by atoms with Crippen LogP contribution in [-0.2, 0) is 6.54 Å². The second-order valence-electron chi connectivity index (χ2n) is 5.23. The molecule has 4 heteroatoms. The summed E-state index contributed by atoms with van der Waals surface area (Å²) in [6, 6.07) is 4.86. The van der Waals surface area contributed by atoms with E-state index in [0.29, 0.717) is 6.04 Å². The van der Waals surface area contributed by atoms with Gasteiger partial charge in [-0.05, 0) is 39.5 Å². The molecule has 0 aromatic carbocycles. The second-order valence-corrected chi connectivity index (χ2v) is 5.23. The molecule has 0 radical (unpaired) electrons. The molecule has 4 nitrogen and oxygen atoms in total. The Kier molecular flexibility index (Phi) is 4.55. The molecule has 100 valence electrons. The lowest BCUT2D eigenvalue weighted by atomic mass is 10.2. The smallest absolute Gasteiger partial charge is 0.130 e. The summed E-state index contributed by atoms with van der Waals surface area (Å²) in [4.78, 5) is 9.21. The van der Waals surface area contributed by atoms with Crippen LogP contribution in [0.1, 0.15) is 18.4 Å². The topological polar surface area (TPSA) is 31.4 Å². The van der Waals surface area contributed by atoms with Gasteiger partial charge in [0.25, 0.3) is 0 Å². The summed E-state index contributed by atoms with van der Waals surface area (Å²) < 4.78 is 0. The van der Waals surface area contributed by atoms with Crippen molar-refractivity contribution in [3.63, 3.8) is 0 Å². The SMILES string of the molecule is CNc1ncccc1CN(C)C[C@@H]1CCCN1C. The van der Waals surface area contributed by atoms with Crippen LogP contribution in [0.3, 0.4) is 0 Å². The fourth-order valence-corrected chi connectivity index (χ4v) is 2.72. The van der Waals surface area contributed by atoms with E-state index in [1.807, 2.05) is 19.3 Å². The molecule has 0 aliphatic carbocycles. The standard InChI is InChI=1S/C14H24N4/c1-15-14-12(6-4-8-16-14)10-17(2)11-13-7-5-9-18(13)3/h4,6,8,13H,5,7,9-11H2,1-3H3,(H,15,16)/t13-/m0/s1. The third-order valence-corrected chi connectivity index (χ3v) is 3.76. The highest BCUT2D eigenvalue weighted by Crippen LogP contribution is 2.18. The van der Waals surface area contributed by atoms with Gasteiger partial charge in [0.05, 0.1) is 0 Å². The van der Waals surface area contributed by atoms with Gasteiger partial charge in [0.1, 0.15) is 5.82 Å². The number of hydrogen-bond donors (Lipinski definition) is 1. The van der Waals surface area contributed by atoms with Crippen LogP contribution in [0.5, 0.6) is 0 Å². The molecule has 1 fully saturated rings. The Balaban J connectivity index is 1.92. The van der Waals surface area contributed by atoms with Gasteiger partial charge in [0.2, 0.25) is 0 Å². The number of aromatic nitrogens is 1. The van der Waals surface area contributed by atoms with Crippen LogP contribution in [0.15, 0.2) is 18.3 Å². The Hall–Kier alpha value is -1.13. The van der Waals surface area contributed by atoms with Crippen molar-refractivity contribution < 1.29 is 0 Å². The molecule has 1 atom stereocenters. The minimum atomic E-state index is 0.713. The largest absolute Gasteiger partial charge is 0.373 e. The Morgan fingerprint density at radius 3 is 3.06 bits per heavy atom. The molecule has 1 saturated heterocycles. The van der Waals surface area contributed by atoms with Crippen LogP contribution in [-0.4, -0.2) is 55.1 Å². The first kappa shape index (κ1) is 13.3. The normalized spacial score (nSPS) is 20.6. The fourth-order valence-electron chi connectivity index (χ4n) is 2.72. The van der Waals surface area contributed by atoms with E-state index in [1.165, 1.54) is 24.9 Å². The van der Waals surface area contributed by atoms with E-state index in [2.05, 4.69) is 40.3 Å². The van der Waals surface area contributed by atoms with E-state index in [9.17, 15) is 0 Å². The van der Waals surface area contributed by atoms with Gasteiger partial charge in [-0.2, -0.15) is 0 Å². The summed E-state index contributed by atoms with van der Waals surface area (Å²) in [5.74, 6) is 0.990. The fraction of sp³-hybridized carbons (Fsp3) is 0.643. The van der Waals surface area contributed by atoms with E-state index in [4.69, 9.17) is 0 Å². The third kappa shape index (κ3) is 3.21. The second kappa shape index (κ2) is 6.16. The summed E-state index contributed by atoms with van der Waals surface area (Å²) in [5, 5.41) is 3.16. The van der Waals surface area contributed by atoms with Crippen molar-refractivity contribution >= 4 is 5.82 Å². The highest BCUT2D eigenvalue weighted by Gasteiger charge is 2.22. The lowest BCUT2D eigenvalue weighted by Crippen LogP contribution is -2.36. The first-order valence-electron chi connectivity index (χ1n) is 6.71. The molecule has 1 N–H and O–H groups in total. The molecule has 2 rings (SSSR count). The first-order chi connectivity index (χ1) is 8.70. The monoisotopic (exact) mass is 248 g/mol. The molecule has 1 aliphatic rings. The van der Waals surface area contributed by atoms with Gasteiger partial charge in [-0.1, -0.05) is 6.07 Å². The molecule has 1 aliphatic heterocycles. The van der Waals surface area contributed by atoms with E-state index >= 15 is 0 Å². The maximum Gasteiger partial charge on any atom is 0.130 e. The zero-order chi connectivity index (χ0) is 13.0. The number of pyridine rings is 1. The summed E-state index contributed by atoms with van der Waals surface area (Å²) in [7, 11) is 6.35. The van der Waals surface area contributed by atoms with Crippen molar-refractivity contribution in [1.29, 1.82) is 0 Å². The van der Waals surface area contributed by atoms with Crippen molar-refractivity contribution in [1.82, 2.24) is 14.8 Å². The quantitative estimate of drug-likeness (QED) is 0.858. The lowest BCUT2D eigenvalue weighted by Gasteiger charge is -2.26. The van der Waals surface area contributed by atoms with Crippen molar-refractivity contribution in [2.45, 2.75) is 25.4 Å². The lowest BCUT2D eigenvalue weighted by molar-refractivity contribution is 0.215. The van der Waals surface area contributed by atoms with Crippen LogP contribution in [0.25, 0.3) is 0 Å². The number of nitrogens with one attached hydrogen (secondary N) is 1. The summed E-state index contributed by atoms with van der Waals surface area (Å²) >= 11 is 0. The molecule has 1 aromatic heterocycles. The third-order valence-electron chi connectivity index (χ3n) is 3.76. The highest BCUT2D eigenvalue weighted by molar-refractivity contribution is 5.42. The number of nitrogens with zero attached hydrogens (tertiary/aromatic N) is 3. The van der Waals surface area contributed by atoms with Crippen LogP contribution in [0.2, 0.25) is 0 Å². The maximum absolute atomic E-state index is 4.35. The van der Waals surface area contributed by atoms with Gasteiger partial charge < -0.3 is 15.1 Å². The Labute approximate surface area is 110 Å². The van der Waals surface area contributed by atoms with Crippen molar-refractivity contribution in [3.8, 4) is 0 Å². The van der Waals surface area contributed by atoms with Gasteiger partial charge >= 0.3 is 0 Å². The Morgan fingerprint density at radius 1 is 1.56 bits per heavy atom. The molecule has 2 heterocycles. The molecule has 1 aromatic rings. The number of likely N-dealkylation sites (N-methyl/N-ethyl adjacent to an activating group) is 2. The average Bonchev–Trinajstić information content (AvgIpc) is 2.75. The van der Waals surface area contributed by atoms with Crippen molar-refractivity contribution in [2.24, 2.45) is 0 Å². The molecule has 18 heavy (non-hydrogen) atoms. The predicted molar refractivity (Wildman–Crippen MR) is 75.8 cm³/mol. The van der Waals surface area contributed by atoms with Gasteiger partial charge in [-0.25, -0.2) is 4.98 Å². The van der Waals surface area contributed by atoms with Crippen LogP contribution < -0.4 is 5.32 Å². The van der Waals surface area contributed by atoms with Crippen LogP contribution in [0.4, 0.5) is 5.82 Å². The summed E-state index contributed by atoms with van der Waals surface area (Å²) in [6.07, 6.45) is 4.50. The molecule has 0 bridgehead atoms. The maximum atomic E-state index is 4.35. The van der Waals surface area contributed by atoms with Gasteiger partial charge in [-0.15, -0.1) is 0 Å². The zero-order valence-electron chi connectivity index (χ0n) is 11.7. The molecule has 0 spiro atoms. The van der Waals surface area contributed by atoms with E-state index in [1.54, 1.807) is 0 Å². The van der Waals surface area contributed by atoms with E-state index in [0.717, 1.165) is 18.9 Å². The van der Waals surface area contributed by atoms with Crippen LogP contribution >= 0.6 is 0 Å². The molecular weight excluding hydrogens is 224 g/mol. The average molecular weight is 248 g/mol. The molecular formula is C14H24N4. The minimum absolute atomic E-state index is 0.713. The Bertz CT molecular complexity index is 380. The van der Waals surface area contributed by atoms with Crippen molar-refractivity contribution in [2.75, 3.05) is 39.5 Å². The van der Waals surface area contributed by atoms with E-state index in [-0.39, 0.29) is 0 Å². The number of likely N-dealkylation sites (tertiary alicyclic amines) is 1. The number of rotatable bonds is 5. The number of hydrogen-bond acceptors (Lipinski definition) is 4. The zero-order valence-corrected chi connectivity index (χ0v) is 11.7. The molecule has 0 unspecified atom stereocenters. The van der Waals surface area contributed by atoms with Gasteiger partial charge in [0, 0.05) is 37.9 Å². The minimum Gasteiger partial charge on any atom is -0.373 e. The molecule has 0 amide bonds. The van der Waals surface area contributed by atoms with Gasteiger partial charge in [0.15, 0.2) is 0 Å². The van der Waals surface area contributed by atoms with Gasteiger partial charge in [-0.3, -0.25) is 0 Å². The van der Waals surface area contributed by atoms with Crippen molar-refractivity contribution in [3.05, 3.63) is 23.9 Å². The molecule has 0 saturated carbocycles. The highest BCUT2D eigenvalue weighted by atomic mass is 15.2.